The van der Waals surface area contributed by atoms with Crippen LogP contribution in [0.15, 0.2) is 24.3 Å². The van der Waals surface area contributed by atoms with Crippen molar-refractivity contribution in [3.8, 4) is 0 Å². The van der Waals surface area contributed by atoms with Gasteiger partial charge in [0.2, 0.25) is 5.91 Å². The van der Waals surface area contributed by atoms with Gasteiger partial charge in [-0.2, -0.15) is 0 Å². The normalized spacial score (nSPS) is 29.1. The zero-order valence-electron chi connectivity index (χ0n) is 10.3. The maximum Gasteiger partial charge on any atom is 0.224 e. The van der Waals surface area contributed by atoms with E-state index >= 15 is 0 Å². The molecule has 2 nitrogen and oxygen atoms in total. The molecule has 1 aromatic rings. The van der Waals surface area contributed by atoms with Gasteiger partial charge in [-0.1, -0.05) is 31.2 Å². The second kappa shape index (κ2) is 4.17. The quantitative estimate of drug-likeness (QED) is 0.847. The van der Waals surface area contributed by atoms with E-state index < -0.39 is 0 Å². The number of aryl methyl sites for hydroxylation is 1. The molecule has 1 saturated carbocycles. The van der Waals surface area contributed by atoms with Gasteiger partial charge in [0.05, 0.1) is 0 Å². The van der Waals surface area contributed by atoms with E-state index in [2.05, 4.69) is 36.5 Å². The van der Waals surface area contributed by atoms with E-state index in [4.69, 9.17) is 0 Å². The molecule has 1 aromatic carbocycles. The summed E-state index contributed by atoms with van der Waals surface area (Å²) in [6, 6.07) is 8.62. The molecule has 2 heteroatoms. The third-order valence-electron chi connectivity index (χ3n) is 4.18. The van der Waals surface area contributed by atoms with E-state index in [1.54, 1.807) is 0 Å². The van der Waals surface area contributed by atoms with E-state index in [-0.39, 0.29) is 11.8 Å². The summed E-state index contributed by atoms with van der Waals surface area (Å²) in [4.78, 5) is 12.0. The summed E-state index contributed by atoms with van der Waals surface area (Å²) in [5.74, 6) is 1.65. The Morgan fingerprint density at radius 1 is 1.41 bits per heavy atom. The highest BCUT2D eigenvalue weighted by molar-refractivity contribution is 5.84. The highest BCUT2D eigenvalue weighted by atomic mass is 16.2. The maximum absolute atomic E-state index is 12.0. The van der Waals surface area contributed by atoms with Crippen LogP contribution in [0.3, 0.4) is 0 Å². The topological polar surface area (TPSA) is 29.1 Å². The number of rotatable bonds is 3. The molecular formula is C15H19NO. The summed E-state index contributed by atoms with van der Waals surface area (Å²) in [6.07, 6.45) is 3.35. The van der Waals surface area contributed by atoms with Gasteiger partial charge >= 0.3 is 0 Å². The van der Waals surface area contributed by atoms with Crippen molar-refractivity contribution in [3.63, 3.8) is 0 Å². The van der Waals surface area contributed by atoms with E-state index in [0.29, 0.717) is 11.8 Å². The van der Waals surface area contributed by atoms with Crippen LogP contribution in [0.25, 0.3) is 0 Å². The average molecular weight is 229 g/mol. The molecule has 0 heterocycles. The van der Waals surface area contributed by atoms with Gasteiger partial charge in [-0.25, -0.2) is 0 Å². The predicted molar refractivity (Wildman–Crippen MR) is 67.8 cm³/mol. The molecule has 0 aliphatic heterocycles. The molecule has 1 fully saturated rings. The number of fused-ring (bicyclic) bond motifs is 3. The molecule has 0 saturated heterocycles. The summed E-state index contributed by atoms with van der Waals surface area (Å²) in [6.45, 7) is 2.91. The lowest BCUT2D eigenvalue weighted by Gasteiger charge is -2.13. The van der Waals surface area contributed by atoms with Crippen LogP contribution in [0.4, 0.5) is 0 Å². The third kappa shape index (κ3) is 1.76. The monoisotopic (exact) mass is 229 g/mol. The fourth-order valence-electron chi connectivity index (χ4n) is 3.29. The van der Waals surface area contributed by atoms with Gasteiger partial charge in [-0.05, 0) is 42.2 Å². The van der Waals surface area contributed by atoms with Gasteiger partial charge < -0.3 is 5.32 Å². The first-order chi connectivity index (χ1) is 8.33. The SMILES string of the molecule is CCCNC(=O)C1C2CCc3ccccc3C21. The van der Waals surface area contributed by atoms with Gasteiger partial charge in [0.25, 0.3) is 0 Å². The fourth-order valence-corrected chi connectivity index (χ4v) is 3.29. The standard InChI is InChI=1S/C15H19NO/c1-2-9-16-15(17)14-12-8-7-10-5-3-4-6-11(10)13(12)14/h3-6,12-14H,2,7-9H2,1H3,(H,16,17). The smallest absolute Gasteiger partial charge is 0.224 e. The molecule has 0 aromatic heterocycles. The van der Waals surface area contributed by atoms with E-state index in [1.807, 2.05) is 0 Å². The molecule has 2 aliphatic rings. The van der Waals surface area contributed by atoms with Crippen LogP contribution in [-0.2, 0) is 11.2 Å². The first-order valence-corrected chi connectivity index (χ1v) is 6.68. The number of carbonyl (C=O) groups is 1. The summed E-state index contributed by atoms with van der Waals surface area (Å²) >= 11 is 0. The zero-order valence-corrected chi connectivity index (χ0v) is 10.3. The van der Waals surface area contributed by atoms with Gasteiger partial charge in [0.1, 0.15) is 0 Å². The van der Waals surface area contributed by atoms with Crippen molar-refractivity contribution in [3.05, 3.63) is 35.4 Å². The fraction of sp³-hybridized carbons (Fsp3) is 0.533. The minimum atomic E-state index is 0.255. The van der Waals surface area contributed by atoms with Crippen molar-refractivity contribution in [2.75, 3.05) is 6.54 Å². The van der Waals surface area contributed by atoms with E-state index in [9.17, 15) is 4.79 Å². The van der Waals surface area contributed by atoms with Gasteiger partial charge in [0, 0.05) is 12.5 Å². The van der Waals surface area contributed by atoms with Crippen LogP contribution in [-0.4, -0.2) is 12.5 Å². The lowest BCUT2D eigenvalue weighted by Crippen LogP contribution is -2.26. The van der Waals surface area contributed by atoms with E-state index in [0.717, 1.165) is 19.4 Å². The molecule has 2 aliphatic carbocycles. The van der Waals surface area contributed by atoms with Crippen LogP contribution >= 0.6 is 0 Å². The van der Waals surface area contributed by atoms with Crippen LogP contribution in [0, 0.1) is 11.8 Å². The van der Waals surface area contributed by atoms with Crippen LogP contribution in [0.2, 0.25) is 0 Å². The van der Waals surface area contributed by atoms with Crippen LogP contribution in [0.1, 0.15) is 36.8 Å². The second-order valence-electron chi connectivity index (χ2n) is 5.24. The van der Waals surface area contributed by atoms with Crippen molar-refractivity contribution in [2.45, 2.75) is 32.1 Å². The minimum Gasteiger partial charge on any atom is -0.356 e. The lowest BCUT2D eigenvalue weighted by molar-refractivity contribution is -0.122. The summed E-state index contributed by atoms with van der Waals surface area (Å²) in [5.41, 5.74) is 2.89. The second-order valence-corrected chi connectivity index (χ2v) is 5.24. The molecule has 3 atom stereocenters. The molecule has 1 N–H and O–H groups in total. The number of hydrogen-bond donors (Lipinski definition) is 1. The number of amides is 1. The Morgan fingerprint density at radius 2 is 2.24 bits per heavy atom. The van der Waals surface area contributed by atoms with Crippen molar-refractivity contribution < 1.29 is 4.79 Å². The molecule has 0 radical (unpaired) electrons. The van der Waals surface area contributed by atoms with Gasteiger partial charge in [-0.3, -0.25) is 4.79 Å². The Morgan fingerprint density at radius 3 is 3.06 bits per heavy atom. The molecule has 0 bridgehead atoms. The number of nitrogens with one attached hydrogen (secondary N) is 1. The number of hydrogen-bond acceptors (Lipinski definition) is 1. The van der Waals surface area contributed by atoms with Gasteiger partial charge in [0.15, 0.2) is 0 Å². The maximum atomic E-state index is 12.0. The number of carbonyl (C=O) groups excluding carboxylic acids is 1. The van der Waals surface area contributed by atoms with Gasteiger partial charge in [-0.15, -0.1) is 0 Å². The minimum absolute atomic E-state index is 0.255. The molecule has 17 heavy (non-hydrogen) atoms. The Hall–Kier alpha value is -1.31. The Bertz CT molecular complexity index is 440. The van der Waals surface area contributed by atoms with Crippen molar-refractivity contribution >= 4 is 5.91 Å². The highest BCUT2D eigenvalue weighted by Crippen LogP contribution is 2.59. The summed E-state index contributed by atoms with van der Waals surface area (Å²) in [7, 11) is 0. The molecule has 0 spiro atoms. The molecule has 3 rings (SSSR count). The lowest BCUT2D eigenvalue weighted by atomic mass is 9.92. The van der Waals surface area contributed by atoms with E-state index in [1.165, 1.54) is 17.5 Å². The van der Waals surface area contributed by atoms with Crippen LogP contribution in [0.5, 0.6) is 0 Å². The van der Waals surface area contributed by atoms with Crippen molar-refractivity contribution in [2.24, 2.45) is 11.8 Å². The predicted octanol–water partition coefficient (Wildman–Crippen LogP) is 2.49. The first-order valence-electron chi connectivity index (χ1n) is 6.68. The Balaban J connectivity index is 1.76. The Labute approximate surface area is 102 Å². The third-order valence-corrected chi connectivity index (χ3v) is 4.18. The molecule has 1 amide bonds. The summed E-state index contributed by atoms with van der Waals surface area (Å²) < 4.78 is 0. The van der Waals surface area contributed by atoms with Crippen molar-refractivity contribution in [1.82, 2.24) is 5.32 Å². The average Bonchev–Trinajstić information content (AvgIpc) is 3.11. The molecule has 90 valence electrons. The Kier molecular flexibility index (Phi) is 2.65. The molecular weight excluding hydrogens is 210 g/mol. The summed E-state index contributed by atoms with van der Waals surface area (Å²) in [5, 5.41) is 3.04. The zero-order chi connectivity index (χ0) is 11.8. The number of benzene rings is 1. The first kappa shape index (κ1) is 10.8. The molecule has 3 unspecified atom stereocenters. The van der Waals surface area contributed by atoms with Crippen molar-refractivity contribution in [1.29, 1.82) is 0 Å². The highest BCUT2D eigenvalue weighted by Gasteiger charge is 2.56. The van der Waals surface area contributed by atoms with Crippen LogP contribution < -0.4 is 5.32 Å². The largest absolute Gasteiger partial charge is 0.356 e.